The van der Waals surface area contributed by atoms with Crippen LogP contribution in [0.15, 0.2) is 24.3 Å². The van der Waals surface area contributed by atoms with E-state index in [9.17, 15) is 10.2 Å². The predicted octanol–water partition coefficient (Wildman–Crippen LogP) is 2.94. The summed E-state index contributed by atoms with van der Waals surface area (Å²) < 4.78 is 0. The summed E-state index contributed by atoms with van der Waals surface area (Å²) in [7, 11) is 0. The molecule has 0 radical (unpaired) electrons. The van der Waals surface area contributed by atoms with E-state index in [-0.39, 0.29) is 6.54 Å². The summed E-state index contributed by atoms with van der Waals surface area (Å²) in [6.45, 7) is 4.46. The van der Waals surface area contributed by atoms with Crippen molar-refractivity contribution in [1.29, 1.82) is 0 Å². The summed E-state index contributed by atoms with van der Waals surface area (Å²) >= 11 is 0. The molecule has 0 aromatic heterocycles. The zero-order chi connectivity index (χ0) is 15.0. The van der Waals surface area contributed by atoms with E-state index in [4.69, 9.17) is 5.73 Å². The van der Waals surface area contributed by atoms with Crippen molar-refractivity contribution < 1.29 is 10.2 Å². The summed E-state index contributed by atoms with van der Waals surface area (Å²) in [5.41, 5.74) is 6.95. The molecule has 0 saturated heterocycles. The zero-order valence-electron chi connectivity index (χ0n) is 12.8. The maximum atomic E-state index is 10.6. The average Bonchev–Trinajstić information content (AvgIpc) is 2.45. The quantitative estimate of drug-likeness (QED) is 0.651. The molecule has 1 aromatic carbocycles. The van der Waals surface area contributed by atoms with Gasteiger partial charge in [-0.05, 0) is 36.8 Å². The van der Waals surface area contributed by atoms with Crippen LogP contribution in [0.1, 0.15) is 63.2 Å². The first-order chi connectivity index (χ1) is 9.54. The van der Waals surface area contributed by atoms with Gasteiger partial charge in [-0.2, -0.15) is 0 Å². The molecule has 0 saturated carbocycles. The third-order valence-corrected chi connectivity index (χ3v) is 3.87. The molecule has 0 aliphatic carbocycles. The molecule has 114 valence electrons. The molecule has 1 rings (SSSR count). The van der Waals surface area contributed by atoms with Crippen molar-refractivity contribution in [2.75, 3.05) is 6.54 Å². The standard InChI is InChI=1S/C17H29NO2/c1-3-9-17(20,10-4-2)11-8-14-6-5-7-15(12-14)16(19)13-18/h5-7,12,16,19-20H,3-4,8-11,13,18H2,1-2H3/t16-/m1/s1. The maximum Gasteiger partial charge on any atom is 0.0912 e. The number of hydrogen-bond acceptors (Lipinski definition) is 3. The van der Waals surface area contributed by atoms with E-state index in [0.717, 1.165) is 49.7 Å². The molecule has 4 N–H and O–H groups in total. The fourth-order valence-corrected chi connectivity index (χ4v) is 2.77. The lowest BCUT2D eigenvalue weighted by atomic mass is 9.86. The van der Waals surface area contributed by atoms with Crippen LogP contribution in [0.25, 0.3) is 0 Å². The van der Waals surface area contributed by atoms with Gasteiger partial charge in [-0.15, -0.1) is 0 Å². The summed E-state index contributed by atoms with van der Waals surface area (Å²) in [6, 6.07) is 7.88. The van der Waals surface area contributed by atoms with Gasteiger partial charge < -0.3 is 15.9 Å². The molecule has 0 spiro atoms. The molecule has 1 atom stereocenters. The van der Waals surface area contributed by atoms with Crippen LogP contribution in [-0.2, 0) is 6.42 Å². The summed E-state index contributed by atoms with van der Waals surface area (Å²) in [5, 5.41) is 20.4. The van der Waals surface area contributed by atoms with E-state index in [1.165, 1.54) is 0 Å². The summed E-state index contributed by atoms with van der Waals surface area (Å²) in [4.78, 5) is 0. The van der Waals surface area contributed by atoms with Gasteiger partial charge in [0.1, 0.15) is 0 Å². The van der Waals surface area contributed by atoms with Crippen LogP contribution in [0.4, 0.5) is 0 Å². The van der Waals surface area contributed by atoms with Crippen molar-refractivity contribution in [2.24, 2.45) is 5.73 Å². The summed E-state index contributed by atoms with van der Waals surface area (Å²) in [5.74, 6) is 0. The minimum Gasteiger partial charge on any atom is -0.390 e. The van der Waals surface area contributed by atoms with Gasteiger partial charge in [-0.3, -0.25) is 0 Å². The number of rotatable bonds is 9. The lowest BCUT2D eigenvalue weighted by molar-refractivity contribution is 0.0132. The first-order valence-electron chi connectivity index (χ1n) is 7.74. The normalized spacial score (nSPS) is 13.4. The molecule has 1 aromatic rings. The van der Waals surface area contributed by atoms with E-state index in [2.05, 4.69) is 13.8 Å². The van der Waals surface area contributed by atoms with Crippen molar-refractivity contribution in [3.8, 4) is 0 Å². The maximum absolute atomic E-state index is 10.6. The van der Waals surface area contributed by atoms with Crippen molar-refractivity contribution in [3.63, 3.8) is 0 Å². The molecule has 3 nitrogen and oxygen atoms in total. The lowest BCUT2D eigenvalue weighted by Crippen LogP contribution is -2.29. The van der Waals surface area contributed by atoms with Crippen molar-refractivity contribution >= 4 is 0 Å². The third-order valence-electron chi connectivity index (χ3n) is 3.87. The second-order valence-electron chi connectivity index (χ2n) is 5.72. The molecular weight excluding hydrogens is 250 g/mol. The lowest BCUT2D eigenvalue weighted by Gasteiger charge is -2.27. The first-order valence-corrected chi connectivity index (χ1v) is 7.74. The van der Waals surface area contributed by atoms with Crippen LogP contribution in [-0.4, -0.2) is 22.4 Å². The molecular formula is C17H29NO2. The van der Waals surface area contributed by atoms with Crippen LogP contribution in [0, 0.1) is 0 Å². The average molecular weight is 279 g/mol. The minimum absolute atomic E-state index is 0.235. The zero-order valence-corrected chi connectivity index (χ0v) is 12.8. The topological polar surface area (TPSA) is 66.5 Å². The Labute approximate surface area is 122 Å². The van der Waals surface area contributed by atoms with Gasteiger partial charge in [0.05, 0.1) is 11.7 Å². The Hall–Kier alpha value is -0.900. The Morgan fingerprint density at radius 3 is 2.35 bits per heavy atom. The molecule has 0 amide bonds. The second-order valence-corrected chi connectivity index (χ2v) is 5.72. The SMILES string of the molecule is CCCC(O)(CCC)CCc1cccc([C@H](O)CN)c1. The molecule has 0 bridgehead atoms. The number of benzene rings is 1. The van der Waals surface area contributed by atoms with Crippen LogP contribution >= 0.6 is 0 Å². The number of aryl methyl sites for hydroxylation is 1. The number of nitrogens with two attached hydrogens (primary N) is 1. The fraction of sp³-hybridized carbons (Fsp3) is 0.647. The molecule has 20 heavy (non-hydrogen) atoms. The molecule has 0 aliphatic rings. The minimum atomic E-state index is -0.597. The van der Waals surface area contributed by atoms with E-state index in [1.54, 1.807) is 0 Å². The molecule has 0 aliphatic heterocycles. The molecule has 0 fully saturated rings. The highest BCUT2D eigenvalue weighted by atomic mass is 16.3. The van der Waals surface area contributed by atoms with Crippen LogP contribution in [0.5, 0.6) is 0 Å². The van der Waals surface area contributed by atoms with Gasteiger partial charge >= 0.3 is 0 Å². The van der Waals surface area contributed by atoms with E-state index in [0.29, 0.717) is 0 Å². The smallest absolute Gasteiger partial charge is 0.0912 e. The van der Waals surface area contributed by atoms with E-state index in [1.807, 2.05) is 24.3 Å². The Bertz CT molecular complexity index is 386. The highest BCUT2D eigenvalue weighted by molar-refractivity contribution is 5.25. The second kappa shape index (κ2) is 8.40. The van der Waals surface area contributed by atoms with Crippen LogP contribution < -0.4 is 5.73 Å². The van der Waals surface area contributed by atoms with Gasteiger partial charge in [0.25, 0.3) is 0 Å². The van der Waals surface area contributed by atoms with Gasteiger partial charge in [0, 0.05) is 6.54 Å². The Balaban J connectivity index is 2.68. The van der Waals surface area contributed by atoms with Gasteiger partial charge in [0.2, 0.25) is 0 Å². The van der Waals surface area contributed by atoms with Gasteiger partial charge in [0.15, 0.2) is 0 Å². The fourth-order valence-electron chi connectivity index (χ4n) is 2.77. The highest BCUT2D eigenvalue weighted by Crippen LogP contribution is 2.26. The number of aliphatic hydroxyl groups is 2. The van der Waals surface area contributed by atoms with Gasteiger partial charge in [-0.1, -0.05) is 51.0 Å². The number of hydrogen-bond donors (Lipinski definition) is 3. The van der Waals surface area contributed by atoms with Crippen molar-refractivity contribution in [2.45, 2.75) is 64.1 Å². The largest absolute Gasteiger partial charge is 0.390 e. The van der Waals surface area contributed by atoms with E-state index < -0.39 is 11.7 Å². The third kappa shape index (κ3) is 5.23. The predicted molar refractivity (Wildman–Crippen MR) is 83.5 cm³/mol. The molecule has 3 heteroatoms. The Morgan fingerprint density at radius 2 is 1.80 bits per heavy atom. The van der Waals surface area contributed by atoms with Crippen molar-refractivity contribution in [1.82, 2.24) is 0 Å². The van der Waals surface area contributed by atoms with Crippen LogP contribution in [0.3, 0.4) is 0 Å². The molecule has 0 unspecified atom stereocenters. The Morgan fingerprint density at radius 1 is 1.15 bits per heavy atom. The summed E-state index contributed by atoms with van der Waals surface area (Å²) in [6.07, 6.45) is 4.72. The highest BCUT2D eigenvalue weighted by Gasteiger charge is 2.24. The number of aliphatic hydroxyl groups excluding tert-OH is 1. The first kappa shape index (κ1) is 17.2. The van der Waals surface area contributed by atoms with Crippen LogP contribution in [0.2, 0.25) is 0 Å². The monoisotopic (exact) mass is 279 g/mol. The van der Waals surface area contributed by atoms with E-state index >= 15 is 0 Å². The molecule has 0 heterocycles. The Kier molecular flexibility index (Phi) is 7.20. The van der Waals surface area contributed by atoms with Crippen molar-refractivity contribution in [3.05, 3.63) is 35.4 Å². The van der Waals surface area contributed by atoms with Gasteiger partial charge in [-0.25, -0.2) is 0 Å².